The third kappa shape index (κ3) is 3.70. The summed E-state index contributed by atoms with van der Waals surface area (Å²) < 4.78 is 35.5. The van der Waals surface area contributed by atoms with Crippen LogP contribution >= 0.6 is 0 Å². The fraction of sp³-hybridized carbons (Fsp3) is 0.350. The first-order valence-corrected chi connectivity index (χ1v) is 11.2. The van der Waals surface area contributed by atoms with Crippen LogP contribution in [-0.4, -0.2) is 58.1 Å². The van der Waals surface area contributed by atoms with Gasteiger partial charge >= 0.3 is 11.7 Å². The van der Waals surface area contributed by atoms with E-state index in [1.807, 2.05) is 0 Å². The molecule has 164 valence electrons. The zero-order chi connectivity index (χ0) is 22.2. The summed E-state index contributed by atoms with van der Waals surface area (Å²) >= 11 is 0. The van der Waals surface area contributed by atoms with E-state index >= 15 is 0 Å². The lowest BCUT2D eigenvalue weighted by Gasteiger charge is -2.31. The van der Waals surface area contributed by atoms with Gasteiger partial charge in [0.05, 0.1) is 12.6 Å². The van der Waals surface area contributed by atoms with Crippen LogP contribution in [-0.2, 0) is 21.4 Å². The van der Waals surface area contributed by atoms with E-state index in [4.69, 9.17) is 4.74 Å². The number of imidazole rings is 1. The Kier molecular flexibility index (Phi) is 5.54. The number of carbonyl (C=O) groups is 1. The number of benzene rings is 1. The summed E-state index contributed by atoms with van der Waals surface area (Å²) in [5.41, 5.74) is 0.390. The van der Waals surface area contributed by atoms with E-state index in [0.29, 0.717) is 24.0 Å². The van der Waals surface area contributed by atoms with Crippen molar-refractivity contribution >= 4 is 27.2 Å². The van der Waals surface area contributed by atoms with Crippen molar-refractivity contribution in [3.8, 4) is 5.75 Å². The summed E-state index contributed by atoms with van der Waals surface area (Å²) in [4.78, 5) is 28.6. The number of aliphatic carboxylic acids is 1. The molecule has 0 unspecified atom stereocenters. The van der Waals surface area contributed by atoms with Crippen molar-refractivity contribution in [2.24, 2.45) is 0 Å². The number of piperidine rings is 1. The fourth-order valence-corrected chi connectivity index (χ4v) is 5.66. The second-order valence-corrected chi connectivity index (χ2v) is 9.17. The first-order chi connectivity index (χ1) is 14.8. The Morgan fingerprint density at radius 3 is 2.58 bits per heavy atom. The lowest BCUT2D eigenvalue weighted by molar-refractivity contribution is -0.137. The quantitative estimate of drug-likeness (QED) is 0.606. The van der Waals surface area contributed by atoms with Crippen LogP contribution in [0.25, 0.3) is 11.2 Å². The molecule has 0 spiro atoms. The monoisotopic (exact) mass is 446 g/mol. The predicted molar refractivity (Wildman–Crippen MR) is 112 cm³/mol. The zero-order valence-electron chi connectivity index (χ0n) is 16.8. The molecule has 1 saturated heterocycles. The number of carboxylic acid groups (broad SMARTS) is 1. The molecule has 3 heterocycles. The minimum Gasteiger partial charge on any atom is -0.495 e. The molecule has 3 aromatic rings. The largest absolute Gasteiger partial charge is 0.495 e. The number of methoxy groups -OCH3 is 1. The van der Waals surface area contributed by atoms with Crippen LogP contribution in [0.4, 0.5) is 0 Å². The molecule has 1 N–H and O–H groups in total. The highest BCUT2D eigenvalue weighted by molar-refractivity contribution is 7.89. The smallest absolute Gasteiger partial charge is 0.331 e. The maximum Gasteiger partial charge on any atom is 0.331 e. The van der Waals surface area contributed by atoms with Crippen molar-refractivity contribution in [1.29, 1.82) is 0 Å². The van der Waals surface area contributed by atoms with Crippen LogP contribution in [0.1, 0.15) is 18.9 Å². The molecule has 1 aromatic carbocycles. The predicted octanol–water partition coefficient (Wildman–Crippen LogP) is 1.32. The molecule has 2 aromatic heterocycles. The summed E-state index contributed by atoms with van der Waals surface area (Å²) in [5.74, 6) is -0.843. The number of hydrogen-bond acceptors (Lipinski definition) is 6. The molecule has 0 amide bonds. The highest BCUT2D eigenvalue weighted by Crippen LogP contribution is 2.31. The maximum atomic E-state index is 13.1. The Morgan fingerprint density at radius 1 is 1.19 bits per heavy atom. The lowest BCUT2D eigenvalue weighted by atomic mass is 10.1. The number of rotatable bonds is 6. The van der Waals surface area contributed by atoms with Crippen molar-refractivity contribution in [2.45, 2.75) is 30.3 Å². The van der Waals surface area contributed by atoms with Gasteiger partial charge in [0.25, 0.3) is 0 Å². The fourth-order valence-electron chi connectivity index (χ4n) is 4.04. The molecule has 11 heteroatoms. The number of para-hydroxylation sites is 1. The summed E-state index contributed by atoms with van der Waals surface area (Å²) in [5, 5.41) is 9.17. The molecule has 10 nitrogen and oxygen atoms in total. The van der Waals surface area contributed by atoms with Gasteiger partial charge in [-0.15, -0.1) is 0 Å². The van der Waals surface area contributed by atoms with E-state index in [1.165, 1.54) is 26.6 Å². The van der Waals surface area contributed by atoms with Crippen molar-refractivity contribution < 1.29 is 23.1 Å². The second kappa shape index (κ2) is 8.16. The summed E-state index contributed by atoms with van der Waals surface area (Å²) in [6.45, 7) is -0.0269. The molecule has 0 radical (unpaired) electrons. The van der Waals surface area contributed by atoms with Crippen LogP contribution in [0.3, 0.4) is 0 Å². The summed E-state index contributed by atoms with van der Waals surface area (Å²) in [6, 6.07) is 9.47. The Balaban J connectivity index is 1.63. The SMILES string of the molecule is COc1ccccc1S(=O)(=O)N1CCC(n2c(=O)n(CC(=O)O)c3cccnc32)CC1. The number of hydrogen-bond donors (Lipinski definition) is 1. The Morgan fingerprint density at radius 2 is 1.90 bits per heavy atom. The van der Waals surface area contributed by atoms with Crippen LogP contribution in [0.5, 0.6) is 5.75 Å². The topological polar surface area (TPSA) is 124 Å². The number of aromatic nitrogens is 3. The van der Waals surface area contributed by atoms with Crippen molar-refractivity contribution in [3.05, 3.63) is 53.1 Å². The molecule has 0 saturated carbocycles. The Hall–Kier alpha value is -3.18. The van der Waals surface area contributed by atoms with E-state index in [-0.39, 0.29) is 29.8 Å². The van der Waals surface area contributed by atoms with E-state index in [2.05, 4.69) is 4.98 Å². The molecule has 4 rings (SSSR count). The number of ether oxygens (including phenoxy) is 1. The van der Waals surface area contributed by atoms with Crippen molar-refractivity contribution in [2.75, 3.05) is 20.2 Å². The molecule has 1 fully saturated rings. The average molecular weight is 446 g/mol. The molecule has 1 aliphatic rings. The third-order valence-corrected chi connectivity index (χ3v) is 7.43. The van der Waals surface area contributed by atoms with Gasteiger partial charge in [-0.2, -0.15) is 4.31 Å². The normalized spacial score (nSPS) is 15.9. The maximum absolute atomic E-state index is 13.1. The Bertz CT molecular complexity index is 1290. The molecular formula is C20H22N4O6S. The number of carboxylic acids is 1. The van der Waals surface area contributed by atoms with Crippen LogP contribution in [0.15, 0.2) is 52.3 Å². The number of sulfonamides is 1. The van der Waals surface area contributed by atoms with Crippen LogP contribution in [0.2, 0.25) is 0 Å². The van der Waals surface area contributed by atoms with Crippen LogP contribution in [0, 0.1) is 0 Å². The van der Waals surface area contributed by atoms with Gasteiger partial charge in [-0.3, -0.25) is 13.9 Å². The van der Waals surface area contributed by atoms with Gasteiger partial charge in [0.2, 0.25) is 10.0 Å². The van der Waals surface area contributed by atoms with Gasteiger partial charge in [0.15, 0.2) is 5.65 Å². The first-order valence-electron chi connectivity index (χ1n) is 9.75. The molecule has 0 bridgehead atoms. The standard InChI is InChI=1S/C20H22N4O6S/c1-30-16-6-2-3-7-17(16)31(28,29)22-11-8-14(9-12-22)24-19-15(5-4-10-21-19)23(20(24)27)13-18(25)26/h2-7,10,14H,8-9,11-13H2,1H3,(H,25,26). The molecule has 1 aliphatic heterocycles. The van der Waals surface area contributed by atoms with Crippen LogP contribution < -0.4 is 10.4 Å². The first kappa shape index (κ1) is 21.1. The number of fused-ring (bicyclic) bond motifs is 1. The summed E-state index contributed by atoms with van der Waals surface area (Å²) in [7, 11) is -2.33. The lowest BCUT2D eigenvalue weighted by Crippen LogP contribution is -2.41. The van der Waals surface area contributed by atoms with Gasteiger partial charge in [-0.1, -0.05) is 12.1 Å². The van der Waals surface area contributed by atoms with E-state index in [0.717, 1.165) is 0 Å². The number of nitrogens with zero attached hydrogens (tertiary/aromatic N) is 4. The van der Waals surface area contributed by atoms with E-state index in [9.17, 15) is 23.1 Å². The average Bonchev–Trinajstić information content (AvgIpc) is 3.05. The third-order valence-electron chi connectivity index (χ3n) is 5.49. The highest BCUT2D eigenvalue weighted by Gasteiger charge is 2.33. The molecule has 31 heavy (non-hydrogen) atoms. The van der Waals surface area contributed by atoms with Gasteiger partial charge in [-0.25, -0.2) is 18.2 Å². The van der Waals surface area contributed by atoms with Gasteiger partial charge in [0, 0.05) is 25.3 Å². The Labute approximate surface area is 178 Å². The molecule has 0 aliphatic carbocycles. The minimum atomic E-state index is -3.75. The van der Waals surface area contributed by atoms with Gasteiger partial charge in [0.1, 0.15) is 17.2 Å². The zero-order valence-corrected chi connectivity index (χ0v) is 17.7. The second-order valence-electron chi connectivity index (χ2n) is 7.26. The van der Waals surface area contributed by atoms with Gasteiger partial charge < -0.3 is 9.84 Å². The van der Waals surface area contributed by atoms with Crippen molar-refractivity contribution in [1.82, 2.24) is 18.4 Å². The highest BCUT2D eigenvalue weighted by atomic mass is 32.2. The van der Waals surface area contributed by atoms with E-state index in [1.54, 1.807) is 36.5 Å². The van der Waals surface area contributed by atoms with E-state index < -0.39 is 28.2 Å². The van der Waals surface area contributed by atoms with Crippen molar-refractivity contribution in [3.63, 3.8) is 0 Å². The van der Waals surface area contributed by atoms with Gasteiger partial charge in [-0.05, 0) is 37.1 Å². The molecule has 0 atom stereocenters. The molecular weight excluding hydrogens is 424 g/mol. The minimum absolute atomic E-state index is 0.104. The summed E-state index contributed by atoms with van der Waals surface area (Å²) in [6.07, 6.45) is 2.35. The number of pyridine rings is 1.